The van der Waals surface area contributed by atoms with E-state index in [1.54, 1.807) is 0 Å². The Hall–Kier alpha value is -0.750. The standard InChI is InChI=1S/C12H22F2N2O2/c1-2-3-12(4-5-15-9-12)11(18)16(6-7-17)8-10(13)14/h10,15,17H,2-9H2,1H3. The number of nitrogens with zero attached hydrogens (tertiary/aromatic N) is 1. The Morgan fingerprint density at radius 1 is 1.56 bits per heavy atom. The first-order valence-electron chi connectivity index (χ1n) is 6.45. The van der Waals surface area contributed by atoms with Gasteiger partial charge in [0, 0.05) is 13.1 Å². The molecule has 1 unspecified atom stereocenters. The van der Waals surface area contributed by atoms with Crippen molar-refractivity contribution in [1.29, 1.82) is 0 Å². The number of rotatable bonds is 7. The number of aliphatic hydroxyl groups excluding tert-OH is 1. The van der Waals surface area contributed by atoms with Crippen molar-refractivity contribution in [2.45, 2.75) is 32.6 Å². The molecule has 18 heavy (non-hydrogen) atoms. The molecule has 0 saturated carbocycles. The van der Waals surface area contributed by atoms with E-state index in [1.807, 2.05) is 6.92 Å². The topological polar surface area (TPSA) is 52.6 Å². The van der Waals surface area contributed by atoms with Crippen LogP contribution in [0.3, 0.4) is 0 Å². The zero-order chi connectivity index (χ0) is 13.6. The monoisotopic (exact) mass is 264 g/mol. The van der Waals surface area contributed by atoms with E-state index in [0.717, 1.165) is 17.9 Å². The van der Waals surface area contributed by atoms with Gasteiger partial charge in [0.15, 0.2) is 0 Å². The molecule has 0 aromatic rings. The quantitative estimate of drug-likeness (QED) is 0.717. The minimum Gasteiger partial charge on any atom is -0.395 e. The summed E-state index contributed by atoms with van der Waals surface area (Å²) in [6.45, 7) is 2.38. The molecule has 1 aliphatic rings. The predicted octanol–water partition coefficient (Wildman–Crippen LogP) is 0.852. The highest BCUT2D eigenvalue weighted by molar-refractivity contribution is 5.83. The van der Waals surface area contributed by atoms with Crippen LogP contribution in [0.1, 0.15) is 26.2 Å². The first-order chi connectivity index (χ1) is 8.55. The lowest BCUT2D eigenvalue weighted by Gasteiger charge is -2.33. The summed E-state index contributed by atoms with van der Waals surface area (Å²) in [5.41, 5.74) is -0.557. The van der Waals surface area contributed by atoms with Gasteiger partial charge >= 0.3 is 0 Å². The Labute approximate surface area is 106 Å². The van der Waals surface area contributed by atoms with Gasteiger partial charge in [-0.25, -0.2) is 8.78 Å². The van der Waals surface area contributed by atoms with Crippen LogP contribution < -0.4 is 5.32 Å². The highest BCUT2D eigenvalue weighted by atomic mass is 19.3. The fourth-order valence-electron chi connectivity index (χ4n) is 2.62. The van der Waals surface area contributed by atoms with E-state index in [4.69, 9.17) is 5.11 Å². The lowest BCUT2D eigenvalue weighted by atomic mass is 9.81. The van der Waals surface area contributed by atoms with Gasteiger partial charge in [-0.05, 0) is 19.4 Å². The summed E-state index contributed by atoms with van der Waals surface area (Å²) >= 11 is 0. The molecule has 1 amide bonds. The Morgan fingerprint density at radius 3 is 2.72 bits per heavy atom. The molecular formula is C12H22F2N2O2. The number of carbonyl (C=O) groups is 1. The second kappa shape index (κ2) is 6.99. The molecule has 0 bridgehead atoms. The highest BCUT2D eigenvalue weighted by Gasteiger charge is 2.42. The molecule has 4 nitrogen and oxygen atoms in total. The van der Waals surface area contributed by atoms with Crippen LogP contribution in [0.5, 0.6) is 0 Å². The Morgan fingerprint density at radius 2 is 2.28 bits per heavy atom. The number of hydrogen-bond acceptors (Lipinski definition) is 3. The van der Waals surface area contributed by atoms with Crippen LogP contribution in [0.25, 0.3) is 0 Å². The number of nitrogens with one attached hydrogen (secondary N) is 1. The van der Waals surface area contributed by atoms with Crippen molar-refractivity contribution in [3.63, 3.8) is 0 Å². The summed E-state index contributed by atoms with van der Waals surface area (Å²) in [6.07, 6.45) is -0.335. The molecule has 1 rings (SSSR count). The molecule has 106 valence electrons. The second-order valence-electron chi connectivity index (χ2n) is 4.82. The molecule has 1 atom stereocenters. The van der Waals surface area contributed by atoms with Gasteiger partial charge < -0.3 is 15.3 Å². The molecule has 0 radical (unpaired) electrons. The molecule has 0 aromatic carbocycles. The van der Waals surface area contributed by atoms with Crippen molar-refractivity contribution in [1.82, 2.24) is 10.2 Å². The van der Waals surface area contributed by atoms with E-state index in [-0.39, 0.29) is 19.1 Å². The zero-order valence-corrected chi connectivity index (χ0v) is 10.8. The maximum Gasteiger partial charge on any atom is 0.255 e. The van der Waals surface area contributed by atoms with E-state index in [9.17, 15) is 13.6 Å². The maximum atomic E-state index is 12.5. The molecule has 1 aliphatic heterocycles. The van der Waals surface area contributed by atoms with Gasteiger partial charge in [0.25, 0.3) is 6.43 Å². The third kappa shape index (κ3) is 3.62. The first-order valence-corrected chi connectivity index (χ1v) is 6.45. The molecule has 1 saturated heterocycles. The van der Waals surface area contributed by atoms with Gasteiger partial charge in [-0.2, -0.15) is 0 Å². The van der Waals surface area contributed by atoms with E-state index in [0.29, 0.717) is 19.4 Å². The van der Waals surface area contributed by atoms with Gasteiger partial charge in [-0.1, -0.05) is 13.3 Å². The summed E-state index contributed by atoms with van der Waals surface area (Å²) in [4.78, 5) is 13.5. The number of halogens is 2. The van der Waals surface area contributed by atoms with Crippen LogP contribution >= 0.6 is 0 Å². The van der Waals surface area contributed by atoms with Gasteiger partial charge in [0.2, 0.25) is 5.91 Å². The van der Waals surface area contributed by atoms with Crippen molar-refractivity contribution in [2.24, 2.45) is 5.41 Å². The van der Waals surface area contributed by atoms with Gasteiger partial charge in [0.05, 0.1) is 18.6 Å². The summed E-state index contributed by atoms with van der Waals surface area (Å²) in [7, 11) is 0. The third-order valence-corrected chi connectivity index (χ3v) is 3.44. The fourth-order valence-corrected chi connectivity index (χ4v) is 2.62. The normalized spacial score (nSPS) is 23.6. The molecule has 0 spiro atoms. The van der Waals surface area contributed by atoms with Crippen LogP contribution in [0.15, 0.2) is 0 Å². The van der Waals surface area contributed by atoms with Crippen LogP contribution in [-0.4, -0.2) is 55.1 Å². The molecule has 6 heteroatoms. The van der Waals surface area contributed by atoms with E-state index >= 15 is 0 Å². The van der Waals surface area contributed by atoms with Crippen LogP contribution in [-0.2, 0) is 4.79 Å². The van der Waals surface area contributed by atoms with Gasteiger partial charge in [-0.3, -0.25) is 4.79 Å². The van der Waals surface area contributed by atoms with Crippen molar-refractivity contribution in [3.8, 4) is 0 Å². The molecular weight excluding hydrogens is 242 g/mol. The molecule has 2 N–H and O–H groups in total. The van der Waals surface area contributed by atoms with Gasteiger partial charge in [-0.15, -0.1) is 0 Å². The summed E-state index contributed by atoms with van der Waals surface area (Å²) in [6, 6.07) is 0. The number of aliphatic hydroxyl groups is 1. The largest absolute Gasteiger partial charge is 0.395 e. The van der Waals surface area contributed by atoms with Crippen molar-refractivity contribution < 1.29 is 18.7 Å². The SMILES string of the molecule is CCCC1(C(=O)N(CCO)CC(F)F)CCNC1. The molecule has 1 heterocycles. The fraction of sp³-hybridized carbons (Fsp3) is 0.917. The summed E-state index contributed by atoms with van der Waals surface area (Å²) < 4.78 is 24.9. The van der Waals surface area contributed by atoms with E-state index in [1.165, 1.54) is 0 Å². The maximum absolute atomic E-state index is 12.5. The smallest absolute Gasteiger partial charge is 0.255 e. The summed E-state index contributed by atoms with van der Waals surface area (Å²) in [5, 5.41) is 12.0. The lowest BCUT2D eigenvalue weighted by Crippen LogP contribution is -2.48. The van der Waals surface area contributed by atoms with Crippen LogP contribution in [0.4, 0.5) is 8.78 Å². The molecule has 0 aliphatic carbocycles. The van der Waals surface area contributed by atoms with Crippen molar-refractivity contribution >= 4 is 5.91 Å². The molecule has 0 aromatic heterocycles. The number of alkyl halides is 2. The zero-order valence-electron chi connectivity index (χ0n) is 10.8. The van der Waals surface area contributed by atoms with Crippen molar-refractivity contribution in [2.75, 3.05) is 32.8 Å². The van der Waals surface area contributed by atoms with Gasteiger partial charge in [0.1, 0.15) is 0 Å². The Kier molecular flexibility index (Phi) is 5.95. The second-order valence-corrected chi connectivity index (χ2v) is 4.82. The third-order valence-electron chi connectivity index (χ3n) is 3.44. The van der Waals surface area contributed by atoms with Crippen LogP contribution in [0.2, 0.25) is 0 Å². The van der Waals surface area contributed by atoms with Crippen molar-refractivity contribution in [3.05, 3.63) is 0 Å². The average Bonchev–Trinajstić information content (AvgIpc) is 2.77. The number of carbonyl (C=O) groups excluding carboxylic acids is 1. The van der Waals surface area contributed by atoms with E-state index in [2.05, 4.69) is 5.32 Å². The summed E-state index contributed by atoms with van der Waals surface area (Å²) in [5.74, 6) is -0.247. The van der Waals surface area contributed by atoms with Crippen LogP contribution in [0, 0.1) is 5.41 Å². The molecule has 1 fully saturated rings. The highest BCUT2D eigenvalue weighted by Crippen LogP contribution is 2.33. The minimum absolute atomic E-state index is 0.0192. The lowest BCUT2D eigenvalue weighted by molar-refractivity contribution is -0.144. The minimum atomic E-state index is -2.56. The number of amides is 1. The Bertz CT molecular complexity index is 269. The Balaban J connectivity index is 2.77. The number of hydrogen-bond donors (Lipinski definition) is 2. The first kappa shape index (κ1) is 15.3. The predicted molar refractivity (Wildman–Crippen MR) is 64.5 cm³/mol. The average molecular weight is 264 g/mol. The van der Waals surface area contributed by atoms with E-state index < -0.39 is 18.4 Å².